The lowest BCUT2D eigenvalue weighted by atomic mass is 10.1. The van der Waals surface area contributed by atoms with Crippen molar-refractivity contribution in [1.82, 2.24) is 25.4 Å². The van der Waals surface area contributed by atoms with Crippen LogP contribution >= 0.6 is 0 Å². The summed E-state index contributed by atoms with van der Waals surface area (Å²) < 4.78 is 1.70. The lowest BCUT2D eigenvalue weighted by Crippen LogP contribution is -2.34. The third-order valence-corrected chi connectivity index (χ3v) is 4.14. The van der Waals surface area contributed by atoms with E-state index in [1.807, 2.05) is 25.1 Å². The summed E-state index contributed by atoms with van der Waals surface area (Å²) in [4.78, 5) is 16.7. The third-order valence-electron chi connectivity index (χ3n) is 4.14. The van der Waals surface area contributed by atoms with E-state index in [1.165, 1.54) is 0 Å². The Morgan fingerprint density at radius 2 is 2.35 bits per heavy atom. The number of carbonyl (C=O) groups excluding carboxylic acids is 1. The number of rotatable bonds is 5. The Hall–Kier alpha value is -2.25. The number of aromatic nitrogens is 3. The van der Waals surface area contributed by atoms with Crippen molar-refractivity contribution in [2.24, 2.45) is 5.92 Å². The van der Waals surface area contributed by atoms with Gasteiger partial charge in [0.25, 0.3) is 5.91 Å². The van der Waals surface area contributed by atoms with Crippen LogP contribution in [0.25, 0.3) is 5.82 Å². The van der Waals surface area contributed by atoms with Crippen molar-refractivity contribution in [3.63, 3.8) is 0 Å². The largest absolute Gasteiger partial charge is 0.391 e. The molecule has 7 nitrogen and oxygen atoms in total. The average molecular weight is 315 g/mol. The molecule has 7 heteroatoms. The van der Waals surface area contributed by atoms with Crippen molar-refractivity contribution in [1.29, 1.82) is 0 Å². The monoisotopic (exact) mass is 315 g/mol. The summed E-state index contributed by atoms with van der Waals surface area (Å²) in [6.45, 7) is 3.73. The van der Waals surface area contributed by atoms with Crippen LogP contribution in [0.1, 0.15) is 23.0 Å². The number of carbonyl (C=O) groups is 1. The van der Waals surface area contributed by atoms with Crippen molar-refractivity contribution >= 4 is 5.91 Å². The fourth-order valence-corrected chi connectivity index (χ4v) is 2.83. The highest BCUT2D eigenvalue weighted by Crippen LogP contribution is 2.15. The van der Waals surface area contributed by atoms with Crippen molar-refractivity contribution in [2.45, 2.75) is 19.4 Å². The number of nitrogens with zero attached hydrogens (tertiary/aromatic N) is 3. The van der Waals surface area contributed by atoms with Gasteiger partial charge < -0.3 is 15.7 Å². The Labute approximate surface area is 134 Å². The molecule has 2 aromatic rings. The van der Waals surface area contributed by atoms with Gasteiger partial charge in [-0.1, -0.05) is 13.0 Å². The summed E-state index contributed by atoms with van der Waals surface area (Å²) in [5.41, 5.74) is 1.38. The molecule has 0 aromatic carbocycles. The molecule has 1 fully saturated rings. The van der Waals surface area contributed by atoms with Gasteiger partial charge in [0.15, 0.2) is 5.82 Å². The zero-order valence-corrected chi connectivity index (χ0v) is 13.1. The van der Waals surface area contributed by atoms with Gasteiger partial charge in [0.05, 0.1) is 23.6 Å². The lowest BCUT2D eigenvalue weighted by molar-refractivity contribution is 0.0926. The first kappa shape index (κ1) is 15.6. The highest BCUT2D eigenvalue weighted by Gasteiger charge is 2.26. The number of hydrogen-bond acceptors (Lipinski definition) is 5. The molecule has 3 N–H and O–H groups in total. The van der Waals surface area contributed by atoms with Gasteiger partial charge in [0, 0.05) is 31.7 Å². The molecule has 0 radical (unpaired) electrons. The van der Waals surface area contributed by atoms with Gasteiger partial charge in [-0.15, -0.1) is 0 Å². The number of aliphatic hydroxyl groups is 1. The third kappa shape index (κ3) is 3.25. The van der Waals surface area contributed by atoms with Gasteiger partial charge in [-0.25, -0.2) is 9.67 Å². The minimum absolute atomic E-state index is 0.0508. The fraction of sp³-hybridized carbons (Fsp3) is 0.438. The van der Waals surface area contributed by atoms with Gasteiger partial charge in [0.1, 0.15) is 0 Å². The smallest absolute Gasteiger partial charge is 0.254 e. The first-order valence-corrected chi connectivity index (χ1v) is 7.86. The van der Waals surface area contributed by atoms with Crippen LogP contribution in [0.5, 0.6) is 0 Å². The maximum Gasteiger partial charge on any atom is 0.254 e. The molecule has 0 bridgehead atoms. The normalized spacial score (nSPS) is 20.6. The van der Waals surface area contributed by atoms with Gasteiger partial charge >= 0.3 is 0 Å². The number of β-amino-alcohol motifs (C(OH)–C–C–N with tert-alkyl or cyclic N) is 1. The molecule has 0 spiro atoms. The second-order valence-corrected chi connectivity index (χ2v) is 5.65. The molecule has 1 aliphatic heterocycles. The highest BCUT2D eigenvalue weighted by molar-refractivity contribution is 5.95. The molecule has 1 amide bonds. The quantitative estimate of drug-likeness (QED) is 0.730. The van der Waals surface area contributed by atoms with Crippen LogP contribution in [0.4, 0.5) is 0 Å². The standard InChI is InChI=1S/C16H21N5O2/c1-2-13-12(9-20-21(13)15-5-3-4-6-18-15)16(23)19-8-11-7-17-10-14(11)22/h3-6,9,11,14,17,22H,2,7-8,10H2,1H3,(H,19,23). The molecule has 23 heavy (non-hydrogen) atoms. The number of pyridine rings is 1. The first-order valence-electron chi connectivity index (χ1n) is 7.86. The second kappa shape index (κ2) is 6.89. The topological polar surface area (TPSA) is 92.1 Å². The molecule has 122 valence electrons. The molecule has 1 saturated heterocycles. The Bertz CT molecular complexity index is 670. The van der Waals surface area contributed by atoms with E-state index >= 15 is 0 Å². The van der Waals surface area contributed by atoms with Crippen molar-refractivity contribution in [3.8, 4) is 5.82 Å². The highest BCUT2D eigenvalue weighted by atomic mass is 16.3. The molecular weight excluding hydrogens is 294 g/mol. The van der Waals surface area contributed by atoms with Crippen LogP contribution in [0.15, 0.2) is 30.6 Å². The molecule has 2 aromatic heterocycles. The van der Waals surface area contributed by atoms with Crippen LogP contribution in [-0.2, 0) is 6.42 Å². The van der Waals surface area contributed by atoms with Gasteiger partial charge in [-0.2, -0.15) is 5.10 Å². The molecule has 0 aliphatic carbocycles. The predicted octanol–water partition coefficient (Wildman–Crippen LogP) is 0.140. The summed E-state index contributed by atoms with van der Waals surface area (Å²) in [6.07, 6.45) is 3.54. The van der Waals surface area contributed by atoms with E-state index in [0.29, 0.717) is 30.9 Å². The molecule has 3 rings (SSSR count). The van der Waals surface area contributed by atoms with E-state index in [-0.39, 0.29) is 11.8 Å². The van der Waals surface area contributed by atoms with E-state index in [0.717, 1.165) is 12.2 Å². The molecule has 0 saturated carbocycles. The van der Waals surface area contributed by atoms with E-state index < -0.39 is 6.10 Å². The molecule has 1 aliphatic rings. The van der Waals surface area contributed by atoms with Gasteiger partial charge in [0.2, 0.25) is 0 Å². The number of amides is 1. The van der Waals surface area contributed by atoms with Crippen molar-refractivity contribution in [2.75, 3.05) is 19.6 Å². The van der Waals surface area contributed by atoms with Crippen LogP contribution in [0, 0.1) is 5.92 Å². The zero-order chi connectivity index (χ0) is 16.2. The number of nitrogens with one attached hydrogen (secondary N) is 2. The van der Waals surface area contributed by atoms with Gasteiger partial charge in [-0.3, -0.25) is 4.79 Å². The Balaban J connectivity index is 1.75. The van der Waals surface area contributed by atoms with E-state index in [1.54, 1.807) is 17.1 Å². The Morgan fingerprint density at radius 1 is 1.48 bits per heavy atom. The summed E-state index contributed by atoms with van der Waals surface area (Å²) in [5, 5.41) is 20.1. The molecule has 2 atom stereocenters. The van der Waals surface area contributed by atoms with Crippen molar-refractivity contribution < 1.29 is 9.90 Å². The lowest BCUT2D eigenvalue weighted by Gasteiger charge is -2.14. The van der Waals surface area contributed by atoms with E-state index in [2.05, 4.69) is 20.7 Å². The first-order chi connectivity index (χ1) is 11.2. The van der Waals surface area contributed by atoms with Crippen LogP contribution in [-0.4, -0.2) is 51.5 Å². The van der Waals surface area contributed by atoms with Crippen LogP contribution in [0.2, 0.25) is 0 Å². The summed E-state index contributed by atoms with van der Waals surface area (Å²) in [7, 11) is 0. The minimum atomic E-state index is -0.405. The van der Waals surface area contributed by atoms with Crippen LogP contribution < -0.4 is 10.6 Å². The Morgan fingerprint density at radius 3 is 3.00 bits per heavy atom. The van der Waals surface area contributed by atoms with E-state index in [9.17, 15) is 9.90 Å². The fourth-order valence-electron chi connectivity index (χ4n) is 2.83. The SMILES string of the molecule is CCc1c(C(=O)NCC2CNCC2O)cnn1-c1ccccn1. The average Bonchev–Trinajstić information content (AvgIpc) is 3.19. The van der Waals surface area contributed by atoms with Gasteiger partial charge in [-0.05, 0) is 18.6 Å². The maximum absolute atomic E-state index is 12.4. The summed E-state index contributed by atoms with van der Waals surface area (Å²) in [5.74, 6) is 0.580. The van der Waals surface area contributed by atoms with Crippen LogP contribution in [0.3, 0.4) is 0 Å². The second-order valence-electron chi connectivity index (χ2n) is 5.65. The summed E-state index contributed by atoms with van der Waals surface area (Å²) in [6, 6.07) is 5.58. The Kier molecular flexibility index (Phi) is 4.68. The predicted molar refractivity (Wildman–Crippen MR) is 85.4 cm³/mol. The number of hydrogen-bond donors (Lipinski definition) is 3. The van der Waals surface area contributed by atoms with Crippen molar-refractivity contribution in [3.05, 3.63) is 41.9 Å². The summed E-state index contributed by atoms with van der Waals surface area (Å²) >= 11 is 0. The number of aliphatic hydroxyl groups excluding tert-OH is 1. The molecular formula is C16H21N5O2. The molecule has 3 heterocycles. The maximum atomic E-state index is 12.4. The minimum Gasteiger partial charge on any atom is -0.391 e. The molecule has 2 unspecified atom stereocenters. The van der Waals surface area contributed by atoms with E-state index in [4.69, 9.17) is 0 Å². The zero-order valence-electron chi connectivity index (χ0n) is 13.1.